The van der Waals surface area contributed by atoms with Crippen molar-refractivity contribution in [1.82, 2.24) is 0 Å². The predicted octanol–water partition coefficient (Wildman–Crippen LogP) is -0.518. The summed E-state index contributed by atoms with van der Waals surface area (Å²) in [4.78, 5) is 9.93. The van der Waals surface area contributed by atoms with Gasteiger partial charge < -0.3 is 10.8 Å². The van der Waals surface area contributed by atoms with E-state index in [1.807, 2.05) is 6.92 Å². The minimum atomic E-state index is -0.758. The van der Waals surface area contributed by atoms with Gasteiger partial charge in [-0.25, -0.2) is 0 Å². The molecule has 8 heavy (non-hydrogen) atoms. The first kappa shape index (κ1) is 7.43. The molecule has 0 aliphatic heterocycles. The number of carbonyl (C=O) groups is 1. The van der Waals surface area contributed by atoms with Crippen molar-refractivity contribution < 1.29 is 15.6 Å². The minimum absolute atomic E-state index is 0.0764. The molecule has 4 N–H and O–H groups in total. The van der Waals surface area contributed by atoms with E-state index in [0.29, 0.717) is 0 Å². The van der Waals surface area contributed by atoms with E-state index in [0.717, 1.165) is 6.42 Å². The summed E-state index contributed by atoms with van der Waals surface area (Å²) < 4.78 is 0. The van der Waals surface area contributed by atoms with Gasteiger partial charge in [-0.15, -0.1) is 0 Å². The molecule has 0 rings (SSSR count). The van der Waals surface area contributed by atoms with Gasteiger partial charge in [0.15, 0.2) is 0 Å². The number of hydrogen-bond acceptors (Lipinski definition) is 1. The lowest BCUT2D eigenvalue weighted by Crippen LogP contribution is -2.61. The maximum absolute atomic E-state index is 9.93. The SMILES string of the molecule is CCC([NH3+])CC(=O)O. The summed E-state index contributed by atoms with van der Waals surface area (Å²) in [6, 6.07) is 0.0764. The molecule has 1 unspecified atom stereocenters. The van der Waals surface area contributed by atoms with Crippen LogP contribution in [0.1, 0.15) is 19.8 Å². The molecule has 0 aromatic rings. The van der Waals surface area contributed by atoms with Crippen LogP contribution in [-0.4, -0.2) is 17.1 Å². The summed E-state index contributed by atoms with van der Waals surface area (Å²) in [5, 5.41) is 8.18. The molecule has 0 spiro atoms. The number of aliphatic carboxylic acids is 1. The zero-order chi connectivity index (χ0) is 6.57. The molecule has 0 saturated heterocycles. The molecular formula is C5H12NO2+. The molecule has 3 nitrogen and oxygen atoms in total. The lowest BCUT2D eigenvalue weighted by Gasteiger charge is -1.97. The van der Waals surface area contributed by atoms with Crippen molar-refractivity contribution in [2.24, 2.45) is 0 Å². The highest BCUT2D eigenvalue weighted by atomic mass is 16.4. The van der Waals surface area contributed by atoms with E-state index >= 15 is 0 Å². The average Bonchev–Trinajstić information content (AvgIpc) is 1.65. The van der Waals surface area contributed by atoms with E-state index in [2.05, 4.69) is 5.73 Å². The number of hydrogen-bond donors (Lipinski definition) is 2. The Morgan fingerprint density at radius 1 is 1.88 bits per heavy atom. The number of quaternary nitrogens is 1. The predicted molar refractivity (Wildman–Crippen MR) is 29.2 cm³/mol. The fourth-order valence-corrected chi connectivity index (χ4v) is 0.391. The topological polar surface area (TPSA) is 64.9 Å². The Morgan fingerprint density at radius 2 is 2.38 bits per heavy atom. The van der Waals surface area contributed by atoms with Crippen LogP contribution >= 0.6 is 0 Å². The van der Waals surface area contributed by atoms with Crippen molar-refractivity contribution in [2.75, 3.05) is 0 Å². The van der Waals surface area contributed by atoms with Crippen LogP contribution < -0.4 is 5.73 Å². The van der Waals surface area contributed by atoms with Gasteiger partial charge in [-0.2, -0.15) is 0 Å². The summed E-state index contributed by atoms with van der Waals surface area (Å²) in [5.41, 5.74) is 3.62. The summed E-state index contributed by atoms with van der Waals surface area (Å²) in [7, 11) is 0. The lowest BCUT2D eigenvalue weighted by molar-refractivity contribution is -0.419. The summed E-state index contributed by atoms with van der Waals surface area (Å²) in [6.07, 6.45) is 1.03. The maximum atomic E-state index is 9.93. The molecule has 0 aromatic carbocycles. The van der Waals surface area contributed by atoms with Gasteiger partial charge in [0.25, 0.3) is 0 Å². The van der Waals surface area contributed by atoms with Gasteiger partial charge >= 0.3 is 5.97 Å². The Bertz CT molecular complexity index is 82.5. The molecule has 0 aliphatic rings. The highest BCUT2D eigenvalue weighted by Gasteiger charge is 2.06. The van der Waals surface area contributed by atoms with Crippen LogP contribution in [0, 0.1) is 0 Å². The summed E-state index contributed by atoms with van der Waals surface area (Å²) >= 11 is 0. The van der Waals surface area contributed by atoms with Crippen LogP contribution in [0.15, 0.2) is 0 Å². The standard InChI is InChI=1S/C5H11NO2/c1-2-4(6)3-5(7)8/h4H,2-3,6H2,1H3,(H,7,8)/p+1. The average molecular weight is 118 g/mol. The van der Waals surface area contributed by atoms with Gasteiger partial charge in [-0.3, -0.25) is 4.79 Å². The Hall–Kier alpha value is -0.570. The van der Waals surface area contributed by atoms with Crippen molar-refractivity contribution in [1.29, 1.82) is 0 Å². The molecule has 3 heteroatoms. The van der Waals surface area contributed by atoms with E-state index in [4.69, 9.17) is 5.11 Å². The second-order valence-corrected chi connectivity index (χ2v) is 1.87. The molecule has 0 amide bonds. The second-order valence-electron chi connectivity index (χ2n) is 1.87. The molecule has 0 aromatic heterocycles. The maximum Gasteiger partial charge on any atom is 0.309 e. The highest BCUT2D eigenvalue weighted by molar-refractivity contribution is 5.67. The van der Waals surface area contributed by atoms with E-state index in [-0.39, 0.29) is 12.5 Å². The third-order valence-corrected chi connectivity index (χ3v) is 1.04. The van der Waals surface area contributed by atoms with E-state index < -0.39 is 5.97 Å². The van der Waals surface area contributed by atoms with Crippen LogP contribution in [-0.2, 0) is 4.79 Å². The number of carboxylic acids is 1. The normalized spacial score (nSPS) is 13.2. The third kappa shape index (κ3) is 3.61. The Kier molecular flexibility index (Phi) is 3.19. The van der Waals surface area contributed by atoms with Gasteiger partial charge in [0, 0.05) is 0 Å². The molecule has 1 atom stereocenters. The zero-order valence-corrected chi connectivity index (χ0v) is 5.05. The fourth-order valence-electron chi connectivity index (χ4n) is 0.391. The molecule has 0 bridgehead atoms. The van der Waals surface area contributed by atoms with Crippen molar-refractivity contribution in [3.63, 3.8) is 0 Å². The smallest absolute Gasteiger partial charge is 0.309 e. The first-order valence-corrected chi connectivity index (χ1v) is 2.71. The monoisotopic (exact) mass is 118 g/mol. The van der Waals surface area contributed by atoms with Crippen LogP contribution in [0.3, 0.4) is 0 Å². The van der Waals surface area contributed by atoms with Gasteiger partial charge in [0.1, 0.15) is 0 Å². The number of rotatable bonds is 3. The van der Waals surface area contributed by atoms with Gasteiger partial charge in [0.2, 0.25) is 0 Å². The van der Waals surface area contributed by atoms with Crippen LogP contribution in [0.25, 0.3) is 0 Å². The van der Waals surface area contributed by atoms with Crippen LogP contribution in [0.2, 0.25) is 0 Å². The highest BCUT2D eigenvalue weighted by Crippen LogP contribution is 1.88. The van der Waals surface area contributed by atoms with Crippen LogP contribution in [0.4, 0.5) is 0 Å². The van der Waals surface area contributed by atoms with Gasteiger partial charge in [-0.05, 0) is 6.42 Å². The quantitative estimate of drug-likeness (QED) is 0.523. The summed E-state index contributed by atoms with van der Waals surface area (Å²) in [5.74, 6) is -0.758. The van der Waals surface area contributed by atoms with Crippen LogP contribution in [0.5, 0.6) is 0 Å². The van der Waals surface area contributed by atoms with Crippen molar-refractivity contribution in [3.8, 4) is 0 Å². The van der Waals surface area contributed by atoms with Gasteiger partial charge in [0.05, 0.1) is 12.5 Å². The van der Waals surface area contributed by atoms with Gasteiger partial charge in [-0.1, -0.05) is 6.92 Å². The molecule has 0 aliphatic carbocycles. The lowest BCUT2D eigenvalue weighted by atomic mass is 10.2. The third-order valence-electron chi connectivity index (χ3n) is 1.04. The minimum Gasteiger partial charge on any atom is -0.481 e. The Balaban J connectivity index is 3.24. The Morgan fingerprint density at radius 3 is 2.50 bits per heavy atom. The fraction of sp³-hybridized carbons (Fsp3) is 0.800. The Labute approximate surface area is 48.5 Å². The van der Waals surface area contributed by atoms with E-state index in [1.165, 1.54) is 0 Å². The van der Waals surface area contributed by atoms with E-state index in [9.17, 15) is 4.79 Å². The molecule has 0 heterocycles. The molecule has 0 fully saturated rings. The van der Waals surface area contributed by atoms with E-state index in [1.54, 1.807) is 0 Å². The first-order chi connectivity index (χ1) is 3.66. The van der Waals surface area contributed by atoms with Crippen molar-refractivity contribution >= 4 is 5.97 Å². The zero-order valence-electron chi connectivity index (χ0n) is 5.05. The molecule has 0 radical (unpaired) electrons. The van der Waals surface area contributed by atoms with Crippen molar-refractivity contribution in [3.05, 3.63) is 0 Å². The number of carboxylic acid groups (broad SMARTS) is 1. The molecular weight excluding hydrogens is 106 g/mol. The first-order valence-electron chi connectivity index (χ1n) is 2.71. The molecule has 48 valence electrons. The second kappa shape index (κ2) is 3.43. The summed E-state index contributed by atoms with van der Waals surface area (Å²) in [6.45, 7) is 1.93. The van der Waals surface area contributed by atoms with Crippen molar-refractivity contribution in [2.45, 2.75) is 25.8 Å². The molecule has 0 saturated carbocycles. The largest absolute Gasteiger partial charge is 0.481 e.